The molecule has 3 aromatic rings. The van der Waals surface area contributed by atoms with Gasteiger partial charge in [0.25, 0.3) is 0 Å². The summed E-state index contributed by atoms with van der Waals surface area (Å²) < 4.78 is 52.4. The van der Waals surface area contributed by atoms with Gasteiger partial charge in [-0.3, -0.25) is 0 Å². The van der Waals surface area contributed by atoms with Gasteiger partial charge in [-0.25, -0.2) is 4.39 Å². The van der Waals surface area contributed by atoms with Crippen molar-refractivity contribution in [2.24, 2.45) is 0 Å². The Morgan fingerprint density at radius 1 is 0.853 bits per heavy atom. The standard InChI is InChI=1S/C23H24F4N6.ClH/c24-18-10-8-16(9-11-18)15-28-20-30-21(29-19-7-5-6-17(14-19)23(25,26)27)32-22(31-20)33-12-3-1-2-4-13-33;/h5-11,14H,1-4,12-13,15H2,(H2,28,29,30,31,32);1H. The van der Waals surface area contributed by atoms with Crippen molar-refractivity contribution in [3.8, 4) is 0 Å². The highest BCUT2D eigenvalue weighted by Gasteiger charge is 2.30. The van der Waals surface area contributed by atoms with E-state index in [9.17, 15) is 17.6 Å². The van der Waals surface area contributed by atoms with Crippen LogP contribution >= 0.6 is 12.4 Å². The van der Waals surface area contributed by atoms with Gasteiger partial charge in [0.15, 0.2) is 0 Å². The van der Waals surface area contributed by atoms with Gasteiger partial charge in [-0.1, -0.05) is 31.0 Å². The number of hydrogen-bond acceptors (Lipinski definition) is 6. The molecule has 1 aromatic heterocycles. The van der Waals surface area contributed by atoms with Crippen LogP contribution in [-0.2, 0) is 12.7 Å². The summed E-state index contributed by atoms with van der Waals surface area (Å²) in [6.07, 6.45) is -0.157. The Labute approximate surface area is 201 Å². The molecule has 11 heteroatoms. The zero-order valence-electron chi connectivity index (χ0n) is 18.3. The van der Waals surface area contributed by atoms with Gasteiger partial charge in [-0.2, -0.15) is 28.1 Å². The highest BCUT2D eigenvalue weighted by Crippen LogP contribution is 2.31. The third kappa shape index (κ3) is 6.93. The number of hydrogen-bond donors (Lipinski definition) is 2. The molecule has 1 saturated heterocycles. The average Bonchev–Trinajstić information content (AvgIpc) is 3.08. The highest BCUT2D eigenvalue weighted by molar-refractivity contribution is 5.85. The predicted molar refractivity (Wildman–Crippen MR) is 126 cm³/mol. The normalized spacial score (nSPS) is 14.2. The Morgan fingerprint density at radius 3 is 2.21 bits per heavy atom. The molecule has 0 unspecified atom stereocenters. The Hall–Kier alpha value is -3.14. The van der Waals surface area contributed by atoms with Crippen LogP contribution in [0.2, 0.25) is 0 Å². The van der Waals surface area contributed by atoms with E-state index in [1.165, 1.54) is 24.3 Å². The lowest BCUT2D eigenvalue weighted by Crippen LogP contribution is -2.27. The molecule has 2 N–H and O–H groups in total. The number of benzene rings is 2. The van der Waals surface area contributed by atoms with Crippen LogP contribution in [0.3, 0.4) is 0 Å². The van der Waals surface area contributed by atoms with Crippen LogP contribution < -0.4 is 15.5 Å². The van der Waals surface area contributed by atoms with Gasteiger partial charge < -0.3 is 15.5 Å². The third-order valence-electron chi connectivity index (χ3n) is 5.32. The van der Waals surface area contributed by atoms with E-state index in [-0.39, 0.29) is 35.8 Å². The summed E-state index contributed by atoms with van der Waals surface area (Å²) in [4.78, 5) is 15.4. The monoisotopic (exact) mass is 496 g/mol. The van der Waals surface area contributed by atoms with E-state index in [1.54, 1.807) is 12.1 Å². The number of alkyl halides is 3. The van der Waals surface area contributed by atoms with Crippen LogP contribution in [-0.4, -0.2) is 28.0 Å². The molecule has 0 amide bonds. The molecule has 1 aliphatic heterocycles. The van der Waals surface area contributed by atoms with Crippen LogP contribution in [0.4, 0.5) is 41.1 Å². The molecule has 4 rings (SSSR count). The maximum absolute atomic E-state index is 13.2. The van der Waals surface area contributed by atoms with E-state index in [2.05, 4.69) is 30.5 Å². The lowest BCUT2D eigenvalue weighted by molar-refractivity contribution is -0.137. The quantitative estimate of drug-likeness (QED) is 0.397. The van der Waals surface area contributed by atoms with E-state index in [0.29, 0.717) is 12.5 Å². The molecular formula is C23H25ClF4N6. The third-order valence-corrected chi connectivity index (χ3v) is 5.32. The minimum atomic E-state index is -4.45. The van der Waals surface area contributed by atoms with Crippen molar-refractivity contribution in [2.45, 2.75) is 38.4 Å². The van der Waals surface area contributed by atoms with Crippen LogP contribution in [0.5, 0.6) is 0 Å². The van der Waals surface area contributed by atoms with Gasteiger partial charge in [-0.15, -0.1) is 12.4 Å². The van der Waals surface area contributed by atoms with Gasteiger partial charge >= 0.3 is 6.18 Å². The van der Waals surface area contributed by atoms with Crippen molar-refractivity contribution in [1.29, 1.82) is 0 Å². The van der Waals surface area contributed by atoms with Crippen LogP contribution in [0.1, 0.15) is 36.8 Å². The van der Waals surface area contributed by atoms with E-state index in [4.69, 9.17) is 0 Å². The predicted octanol–water partition coefficient (Wildman–Crippen LogP) is 6.19. The fourth-order valence-electron chi connectivity index (χ4n) is 3.60. The topological polar surface area (TPSA) is 66.0 Å². The number of aromatic nitrogens is 3. The zero-order valence-corrected chi connectivity index (χ0v) is 19.1. The summed E-state index contributed by atoms with van der Waals surface area (Å²) in [5.41, 5.74) is 0.298. The van der Waals surface area contributed by atoms with Crippen LogP contribution in [0.15, 0.2) is 48.5 Å². The second-order valence-electron chi connectivity index (χ2n) is 7.87. The van der Waals surface area contributed by atoms with E-state index >= 15 is 0 Å². The average molecular weight is 497 g/mol. The summed E-state index contributed by atoms with van der Waals surface area (Å²) in [5, 5.41) is 5.99. The molecule has 0 radical (unpaired) electrons. The smallest absolute Gasteiger partial charge is 0.350 e. The first-order chi connectivity index (χ1) is 15.9. The van der Waals surface area contributed by atoms with Crippen LogP contribution in [0, 0.1) is 5.82 Å². The van der Waals surface area contributed by atoms with Crippen molar-refractivity contribution < 1.29 is 17.6 Å². The Kier molecular flexibility index (Phi) is 8.49. The summed E-state index contributed by atoms with van der Waals surface area (Å²) in [5.74, 6) is 0.561. The molecule has 0 spiro atoms. The lowest BCUT2D eigenvalue weighted by Gasteiger charge is -2.21. The number of nitrogens with one attached hydrogen (secondary N) is 2. The molecular weight excluding hydrogens is 472 g/mol. The maximum atomic E-state index is 13.2. The minimum Gasteiger partial charge on any atom is -0.350 e. The summed E-state index contributed by atoms with van der Waals surface area (Å²) in [7, 11) is 0. The Morgan fingerprint density at radius 2 is 1.53 bits per heavy atom. The second-order valence-corrected chi connectivity index (χ2v) is 7.87. The van der Waals surface area contributed by atoms with E-state index in [0.717, 1.165) is 56.5 Å². The van der Waals surface area contributed by atoms with E-state index in [1.807, 2.05) is 0 Å². The zero-order chi connectivity index (χ0) is 23.3. The molecule has 2 aromatic carbocycles. The van der Waals surface area contributed by atoms with Crippen molar-refractivity contribution in [2.75, 3.05) is 28.6 Å². The van der Waals surface area contributed by atoms with Crippen molar-refractivity contribution in [3.05, 3.63) is 65.5 Å². The van der Waals surface area contributed by atoms with Crippen LogP contribution in [0.25, 0.3) is 0 Å². The van der Waals surface area contributed by atoms with Gasteiger partial charge in [-0.05, 0) is 48.7 Å². The molecule has 0 aliphatic carbocycles. The number of halogens is 5. The fraction of sp³-hybridized carbons (Fsp3) is 0.348. The van der Waals surface area contributed by atoms with Crippen molar-refractivity contribution in [3.63, 3.8) is 0 Å². The molecule has 1 aliphatic rings. The molecule has 1 fully saturated rings. The summed E-state index contributed by atoms with van der Waals surface area (Å²) >= 11 is 0. The first-order valence-electron chi connectivity index (χ1n) is 10.8. The molecule has 182 valence electrons. The number of nitrogens with zero attached hydrogens (tertiary/aromatic N) is 4. The number of anilines is 4. The number of rotatable bonds is 6. The fourth-order valence-corrected chi connectivity index (χ4v) is 3.60. The lowest BCUT2D eigenvalue weighted by atomic mass is 10.2. The molecule has 0 bridgehead atoms. The SMILES string of the molecule is Cl.Fc1ccc(CNc2nc(Nc3cccc(C(F)(F)F)c3)nc(N3CCCCCC3)n2)cc1. The molecule has 6 nitrogen and oxygen atoms in total. The Balaban J connectivity index is 0.00000324. The molecule has 34 heavy (non-hydrogen) atoms. The highest BCUT2D eigenvalue weighted by atomic mass is 35.5. The van der Waals surface area contributed by atoms with Gasteiger partial charge in [0.05, 0.1) is 5.56 Å². The van der Waals surface area contributed by atoms with Gasteiger partial charge in [0.1, 0.15) is 5.82 Å². The van der Waals surface area contributed by atoms with Crippen molar-refractivity contribution >= 4 is 35.9 Å². The summed E-state index contributed by atoms with van der Waals surface area (Å²) in [6.45, 7) is 1.95. The Bertz CT molecular complexity index is 1070. The second kappa shape index (κ2) is 11.3. The van der Waals surface area contributed by atoms with Gasteiger partial charge in [0, 0.05) is 25.3 Å². The maximum Gasteiger partial charge on any atom is 0.416 e. The van der Waals surface area contributed by atoms with E-state index < -0.39 is 11.7 Å². The minimum absolute atomic E-state index is 0. The first kappa shape index (κ1) is 25.5. The molecule has 2 heterocycles. The largest absolute Gasteiger partial charge is 0.416 e. The summed E-state index contributed by atoms with van der Waals surface area (Å²) in [6, 6.07) is 10.9. The first-order valence-corrected chi connectivity index (χ1v) is 10.8. The van der Waals surface area contributed by atoms with Gasteiger partial charge in [0.2, 0.25) is 17.8 Å². The van der Waals surface area contributed by atoms with Crippen molar-refractivity contribution in [1.82, 2.24) is 15.0 Å². The molecule has 0 atom stereocenters. The molecule has 0 saturated carbocycles.